The van der Waals surface area contributed by atoms with Gasteiger partial charge < -0.3 is 14.9 Å². The molecule has 1 amide bonds. The highest BCUT2D eigenvalue weighted by Crippen LogP contribution is 2.05. The van der Waals surface area contributed by atoms with Gasteiger partial charge in [0, 0.05) is 6.54 Å². The Morgan fingerprint density at radius 2 is 2.57 bits per heavy atom. The third-order valence-electron chi connectivity index (χ3n) is 1.36. The smallest absolute Gasteiger partial charge is 0.301 e. The molecule has 1 aromatic heterocycles. The summed E-state index contributed by atoms with van der Waals surface area (Å²) in [5, 5.41) is 2.44. The summed E-state index contributed by atoms with van der Waals surface area (Å²) in [6, 6.07) is 0.184. The number of amides is 1. The highest BCUT2D eigenvalue weighted by atomic mass is 16.5. The Hall–Kier alpha value is -1.40. The molecule has 0 radical (unpaired) electrons. The molecule has 14 heavy (non-hydrogen) atoms. The number of nitrogens with two attached hydrogens (primary N) is 1. The van der Waals surface area contributed by atoms with Gasteiger partial charge in [-0.25, -0.2) is 0 Å². The first-order valence-corrected chi connectivity index (χ1v) is 4.22. The lowest BCUT2D eigenvalue weighted by molar-refractivity contribution is -0.120. The van der Waals surface area contributed by atoms with E-state index in [1.54, 1.807) is 6.92 Å². The first-order valence-electron chi connectivity index (χ1n) is 4.22. The summed E-state index contributed by atoms with van der Waals surface area (Å²) in [6.07, 6.45) is 1.45. The van der Waals surface area contributed by atoms with Crippen molar-refractivity contribution in [1.29, 1.82) is 0 Å². The Bertz CT molecular complexity index is 298. The molecule has 78 valence electrons. The van der Waals surface area contributed by atoms with Crippen molar-refractivity contribution in [2.75, 3.05) is 25.1 Å². The minimum Gasteiger partial charge on any atom is -0.432 e. The lowest BCUT2D eigenvalue weighted by atomic mass is 10.6. The van der Waals surface area contributed by atoms with E-state index in [9.17, 15) is 4.79 Å². The van der Waals surface area contributed by atoms with Crippen LogP contribution in [0.15, 0.2) is 10.7 Å². The van der Waals surface area contributed by atoms with Crippen molar-refractivity contribution in [2.45, 2.75) is 6.92 Å². The third-order valence-corrected chi connectivity index (χ3v) is 1.36. The first kappa shape index (κ1) is 10.7. The van der Waals surface area contributed by atoms with Gasteiger partial charge >= 0.3 is 6.01 Å². The fourth-order valence-electron chi connectivity index (χ4n) is 0.815. The molecule has 1 rings (SSSR count). The molecule has 1 aromatic rings. The van der Waals surface area contributed by atoms with Gasteiger partial charge in [0.05, 0.1) is 12.3 Å². The lowest BCUT2D eigenvalue weighted by Gasteiger charge is -2.01. The van der Waals surface area contributed by atoms with Crippen LogP contribution in [-0.4, -0.2) is 30.6 Å². The molecule has 0 aliphatic heterocycles. The number of ether oxygens (including phenoxy) is 1. The molecule has 0 saturated heterocycles. The van der Waals surface area contributed by atoms with Gasteiger partial charge in [0.2, 0.25) is 0 Å². The molecular formula is C8H13N3O3. The van der Waals surface area contributed by atoms with E-state index < -0.39 is 0 Å². The third kappa shape index (κ3) is 3.55. The number of carbonyl (C=O) groups excluding carboxylic acids is 1. The normalized spacial score (nSPS) is 10.1. The quantitative estimate of drug-likeness (QED) is 0.646. The number of anilines is 1. The second-order valence-electron chi connectivity index (χ2n) is 2.68. The molecule has 6 nitrogen and oxygen atoms in total. The van der Waals surface area contributed by atoms with Crippen LogP contribution in [0.2, 0.25) is 0 Å². The molecule has 0 unspecified atom stereocenters. The van der Waals surface area contributed by atoms with Gasteiger partial charge in [0.25, 0.3) is 5.91 Å². The number of aromatic nitrogens is 1. The SMILES string of the molecule is Cc1coc(NC(=O)COCCN)n1. The number of oxazole rings is 1. The molecular weight excluding hydrogens is 186 g/mol. The average Bonchev–Trinajstić information content (AvgIpc) is 2.52. The number of hydrogen-bond acceptors (Lipinski definition) is 5. The van der Waals surface area contributed by atoms with Crippen LogP contribution >= 0.6 is 0 Å². The largest absolute Gasteiger partial charge is 0.432 e. The Balaban J connectivity index is 2.27. The fraction of sp³-hybridized carbons (Fsp3) is 0.500. The Morgan fingerprint density at radius 1 is 1.79 bits per heavy atom. The van der Waals surface area contributed by atoms with E-state index in [0.29, 0.717) is 18.8 Å². The zero-order valence-corrected chi connectivity index (χ0v) is 7.95. The van der Waals surface area contributed by atoms with Crippen LogP contribution in [0, 0.1) is 6.92 Å². The molecule has 1 heterocycles. The fourth-order valence-corrected chi connectivity index (χ4v) is 0.815. The Morgan fingerprint density at radius 3 is 3.14 bits per heavy atom. The summed E-state index contributed by atoms with van der Waals surface area (Å²) >= 11 is 0. The van der Waals surface area contributed by atoms with Crippen molar-refractivity contribution < 1.29 is 13.9 Å². The summed E-state index contributed by atoms with van der Waals surface area (Å²) in [6.45, 7) is 2.48. The summed E-state index contributed by atoms with van der Waals surface area (Å²) in [7, 11) is 0. The average molecular weight is 199 g/mol. The van der Waals surface area contributed by atoms with E-state index >= 15 is 0 Å². The van der Waals surface area contributed by atoms with Crippen molar-refractivity contribution >= 4 is 11.9 Å². The molecule has 6 heteroatoms. The molecule has 3 N–H and O–H groups in total. The van der Waals surface area contributed by atoms with Gasteiger partial charge in [-0.15, -0.1) is 0 Å². The number of carbonyl (C=O) groups is 1. The maximum Gasteiger partial charge on any atom is 0.301 e. The monoisotopic (exact) mass is 199 g/mol. The second kappa shape index (κ2) is 5.36. The predicted octanol–water partition coefficient (Wildman–Crippen LogP) is -0.103. The van der Waals surface area contributed by atoms with E-state index in [-0.39, 0.29) is 18.5 Å². The number of aryl methyl sites for hydroxylation is 1. The van der Waals surface area contributed by atoms with Crippen molar-refractivity contribution in [3.8, 4) is 0 Å². The molecule has 0 saturated carbocycles. The van der Waals surface area contributed by atoms with Crippen molar-refractivity contribution in [3.05, 3.63) is 12.0 Å². The number of nitrogens with zero attached hydrogens (tertiary/aromatic N) is 1. The number of nitrogens with one attached hydrogen (secondary N) is 1. The Labute approximate surface area is 81.4 Å². The standard InChI is InChI=1S/C8H13N3O3/c1-6-4-14-8(10-6)11-7(12)5-13-3-2-9/h4H,2-3,5,9H2,1H3,(H,10,11,12). The van der Waals surface area contributed by atoms with E-state index in [1.807, 2.05) is 0 Å². The molecule has 0 bridgehead atoms. The van der Waals surface area contributed by atoms with Gasteiger partial charge in [0.15, 0.2) is 0 Å². The highest BCUT2D eigenvalue weighted by Gasteiger charge is 2.05. The molecule has 0 fully saturated rings. The van der Waals surface area contributed by atoms with E-state index in [4.69, 9.17) is 14.9 Å². The van der Waals surface area contributed by atoms with Gasteiger partial charge in [-0.2, -0.15) is 4.98 Å². The van der Waals surface area contributed by atoms with Crippen LogP contribution in [0.5, 0.6) is 0 Å². The zero-order chi connectivity index (χ0) is 10.4. The van der Waals surface area contributed by atoms with Crippen LogP contribution in [0.1, 0.15) is 5.69 Å². The maximum atomic E-state index is 11.1. The zero-order valence-electron chi connectivity index (χ0n) is 7.95. The number of hydrogen-bond donors (Lipinski definition) is 2. The van der Waals surface area contributed by atoms with E-state index in [0.717, 1.165) is 0 Å². The van der Waals surface area contributed by atoms with Gasteiger partial charge in [-0.05, 0) is 6.92 Å². The first-order chi connectivity index (χ1) is 6.72. The van der Waals surface area contributed by atoms with Gasteiger partial charge in [-0.1, -0.05) is 0 Å². The molecule has 0 spiro atoms. The second-order valence-corrected chi connectivity index (χ2v) is 2.68. The molecule has 0 aliphatic carbocycles. The van der Waals surface area contributed by atoms with Crippen LogP contribution in [-0.2, 0) is 9.53 Å². The lowest BCUT2D eigenvalue weighted by Crippen LogP contribution is -2.20. The van der Waals surface area contributed by atoms with Crippen LogP contribution in [0.4, 0.5) is 6.01 Å². The maximum absolute atomic E-state index is 11.1. The Kier molecular flexibility index (Phi) is 4.09. The highest BCUT2D eigenvalue weighted by molar-refractivity contribution is 5.89. The van der Waals surface area contributed by atoms with Crippen molar-refractivity contribution in [2.24, 2.45) is 5.73 Å². The number of rotatable bonds is 5. The molecule has 0 aromatic carbocycles. The topological polar surface area (TPSA) is 90.4 Å². The predicted molar refractivity (Wildman–Crippen MR) is 49.7 cm³/mol. The minimum absolute atomic E-state index is 0.0430. The molecule has 0 atom stereocenters. The summed E-state index contributed by atoms with van der Waals surface area (Å²) in [5.41, 5.74) is 5.89. The van der Waals surface area contributed by atoms with E-state index in [1.165, 1.54) is 6.26 Å². The summed E-state index contributed by atoms with van der Waals surface area (Å²) < 4.78 is 9.84. The van der Waals surface area contributed by atoms with Crippen molar-refractivity contribution in [1.82, 2.24) is 4.98 Å². The van der Waals surface area contributed by atoms with Crippen molar-refractivity contribution in [3.63, 3.8) is 0 Å². The van der Waals surface area contributed by atoms with Crippen LogP contribution in [0.3, 0.4) is 0 Å². The van der Waals surface area contributed by atoms with Crippen LogP contribution in [0.25, 0.3) is 0 Å². The van der Waals surface area contributed by atoms with Gasteiger partial charge in [0.1, 0.15) is 12.9 Å². The molecule has 0 aliphatic rings. The van der Waals surface area contributed by atoms with Gasteiger partial charge in [-0.3, -0.25) is 10.1 Å². The summed E-state index contributed by atoms with van der Waals surface area (Å²) in [5.74, 6) is -0.305. The summed E-state index contributed by atoms with van der Waals surface area (Å²) in [4.78, 5) is 15.0. The van der Waals surface area contributed by atoms with E-state index in [2.05, 4.69) is 10.3 Å². The minimum atomic E-state index is -0.305. The van der Waals surface area contributed by atoms with Crippen LogP contribution < -0.4 is 11.1 Å².